The molecule has 7 heteroatoms. The molecule has 2 aromatic rings. The molecule has 0 bridgehead atoms. The summed E-state index contributed by atoms with van der Waals surface area (Å²) in [6.07, 6.45) is 2.73. The number of aromatic nitrogens is 3. The van der Waals surface area contributed by atoms with E-state index in [1.54, 1.807) is 10.9 Å². The fourth-order valence-corrected chi connectivity index (χ4v) is 2.68. The number of allylic oxidation sites excluding steroid dienone is 4. The number of halogens is 3. The van der Waals surface area contributed by atoms with E-state index in [1.807, 2.05) is 12.2 Å². The van der Waals surface area contributed by atoms with Gasteiger partial charge < -0.3 is 9.67 Å². The molecule has 0 aliphatic heterocycles. The van der Waals surface area contributed by atoms with Crippen molar-refractivity contribution in [3.63, 3.8) is 0 Å². The van der Waals surface area contributed by atoms with Gasteiger partial charge in [-0.05, 0) is 36.1 Å². The van der Waals surface area contributed by atoms with Crippen molar-refractivity contribution >= 4 is 5.57 Å². The highest BCUT2D eigenvalue weighted by atomic mass is 19.4. The van der Waals surface area contributed by atoms with Gasteiger partial charge in [-0.15, -0.1) is 10.2 Å². The van der Waals surface area contributed by atoms with Crippen LogP contribution >= 0.6 is 0 Å². The number of aliphatic hydroxyl groups excluding tert-OH is 1. The molecular formula is C17H16F3N3O. The van der Waals surface area contributed by atoms with Gasteiger partial charge in [0.1, 0.15) is 12.9 Å². The van der Waals surface area contributed by atoms with E-state index in [0.29, 0.717) is 12.4 Å². The number of benzene rings is 1. The summed E-state index contributed by atoms with van der Waals surface area (Å²) >= 11 is 0. The van der Waals surface area contributed by atoms with Crippen molar-refractivity contribution < 1.29 is 18.3 Å². The van der Waals surface area contributed by atoms with Crippen molar-refractivity contribution in [2.75, 3.05) is 0 Å². The highest BCUT2D eigenvalue weighted by Crippen LogP contribution is 2.32. The van der Waals surface area contributed by atoms with Crippen LogP contribution in [0.1, 0.15) is 29.8 Å². The van der Waals surface area contributed by atoms with Crippen LogP contribution < -0.4 is 0 Å². The van der Waals surface area contributed by atoms with Crippen molar-refractivity contribution in [2.45, 2.75) is 32.2 Å². The maximum atomic E-state index is 12.6. The van der Waals surface area contributed by atoms with E-state index in [0.717, 1.165) is 41.7 Å². The molecular weight excluding hydrogens is 319 g/mol. The average molecular weight is 335 g/mol. The van der Waals surface area contributed by atoms with Crippen molar-refractivity contribution in [1.82, 2.24) is 14.8 Å². The third kappa shape index (κ3) is 3.56. The number of hydrogen-bond donors (Lipinski definition) is 1. The van der Waals surface area contributed by atoms with Gasteiger partial charge in [-0.3, -0.25) is 0 Å². The average Bonchev–Trinajstić information content (AvgIpc) is 3.02. The van der Waals surface area contributed by atoms with E-state index in [4.69, 9.17) is 0 Å². The molecule has 1 aliphatic carbocycles. The predicted octanol–water partition coefficient (Wildman–Crippen LogP) is 3.59. The molecule has 0 fully saturated rings. The smallest absolute Gasteiger partial charge is 0.388 e. The van der Waals surface area contributed by atoms with E-state index < -0.39 is 11.7 Å². The minimum absolute atomic E-state index is 0.167. The van der Waals surface area contributed by atoms with Gasteiger partial charge >= 0.3 is 6.18 Å². The summed E-state index contributed by atoms with van der Waals surface area (Å²) in [6.45, 7) is 0.430. The molecule has 0 saturated heterocycles. The highest BCUT2D eigenvalue weighted by molar-refractivity contribution is 5.69. The van der Waals surface area contributed by atoms with E-state index in [1.165, 1.54) is 12.1 Å². The zero-order valence-electron chi connectivity index (χ0n) is 12.8. The van der Waals surface area contributed by atoms with Gasteiger partial charge in [-0.25, -0.2) is 0 Å². The second-order valence-corrected chi connectivity index (χ2v) is 5.63. The van der Waals surface area contributed by atoms with Gasteiger partial charge in [-0.2, -0.15) is 13.2 Å². The lowest BCUT2D eigenvalue weighted by Gasteiger charge is -2.16. The topological polar surface area (TPSA) is 50.9 Å². The SMILES string of the molecule is OCc1nncn1CC1=CC=C(c2ccc(C(F)(F)F)cc2)CC1. The zero-order valence-corrected chi connectivity index (χ0v) is 12.8. The van der Waals surface area contributed by atoms with Gasteiger partial charge in [0, 0.05) is 6.54 Å². The summed E-state index contributed by atoms with van der Waals surface area (Å²) in [5, 5.41) is 16.8. The second-order valence-electron chi connectivity index (χ2n) is 5.63. The Morgan fingerprint density at radius 2 is 1.83 bits per heavy atom. The van der Waals surface area contributed by atoms with E-state index in [9.17, 15) is 18.3 Å². The van der Waals surface area contributed by atoms with Crippen LogP contribution in [0.15, 0.2) is 48.3 Å². The number of nitrogens with zero attached hydrogens (tertiary/aromatic N) is 3. The Balaban J connectivity index is 1.73. The van der Waals surface area contributed by atoms with Crippen LogP contribution in [0.4, 0.5) is 13.2 Å². The minimum atomic E-state index is -4.31. The van der Waals surface area contributed by atoms with Crippen LogP contribution in [0.25, 0.3) is 5.57 Å². The van der Waals surface area contributed by atoms with Crippen LogP contribution in [0.2, 0.25) is 0 Å². The molecule has 126 valence electrons. The van der Waals surface area contributed by atoms with Crippen molar-refractivity contribution in [3.8, 4) is 0 Å². The van der Waals surface area contributed by atoms with Crippen molar-refractivity contribution in [1.29, 1.82) is 0 Å². The molecule has 4 nitrogen and oxygen atoms in total. The molecule has 1 N–H and O–H groups in total. The number of rotatable bonds is 4. The third-order valence-electron chi connectivity index (χ3n) is 4.03. The molecule has 0 spiro atoms. The Hall–Kier alpha value is -2.41. The first-order chi connectivity index (χ1) is 11.5. The Labute approximate surface area is 137 Å². The Kier molecular flexibility index (Phi) is 4.53. The second kappa shape index (κ2) is 6.60. The van der Waals surface area contributed by atoms with Crippen molar-refractivity contribution in [2.24, 2.45) is 0 Å². The fraction of sp³-hybridized carbons (Fsp3) is 0.294. The fourth-order valence-electron chi connectivity index (χ4n) is 2.68. The monoisotopic (exact) mass is 335 g/mol. The summed E-state index contributed by atoms with van der Waals surface area (Å²) < 4.78 is 39.6. The highest BCUT2D eigenvalue weighted by Gasteiger charge is 2.30. The normalized spacial score (nSPS) is 15.2. The predicted molar refractivity (Wildman–Crippen MR) is 82.7 cm³/mol. The lowest BCUT2D eigenvalue weighted by molar-refractivity contribution is -0.137. The van der Waals surface area contributed by atoms with Crippen LogP contribution in [-0.2, 0) is 19.3 Å². The summed E-state index contributed by atoms with van der Waals surface area (Å²) in [5.41, 5.74) is 2.33. The van der Waals surface area contributed by atoms with Gasteiger partial charge in [0.2, 0.25) is 0 Å². The first kappa shape index (κ1) is 16.4. The molecule has 0 amide bonds. The first-order valence-electron chi connectivity index (χ1n) is 7.51. The number of hydrogen-bond acceptors (Lipinski definition) is 3. The molecule has 1 aromatic heterocycles. The van der Waals surface area contributed by atoms with Crippen molar-refractivity contribution in [3.05, 3.63) is 65.3 Å². The molecule has 3 rings (SSSR count). The number of aliphatic hydroxyl groups is 1. The molecule has 1 aromatic carbocycles. The van der Waals surface area contributed by atoms with Crippen LogP contribution in [0, 0.1) is 0 Å². The maximum absolute atomic E-state index is 12.6. The van der Waals surface area contributed by atoms with E-state index >= 15 is 0 Å². The van der Waals surface area contributed by atoms with Gasteiger partial charge in [0.15, 0.2) is 5.82 Å². The standard InChI is InChI=1S/C17H16F3N3O/c18-17(19,20)15-7-5-14(6-8-15)13-3-1-12(2-4-13)9-23-11-21-22-16(23)10-24/h1,3,5-8,11,24H,2,4,9-10H2. The summed E-state index contributed by atoms with van der Waals surface area (Å²) in [4.78, 5) is 0. The first-order valence-corrected chi connectivity index (χ1v) is 7.51. The quantitative estimate of drug-likeness (QED) is 0.929. The number of alkyl halides is 3. The lowest BCUT2D eigenvalue weighted by Crippen LogP contribution is -2.07. The molecule has 0 saturated carbocycles. The van der Waals surface area contributed by atoms with Gasteiger partial charge in [0.05, 0.1) is 5.56 Å². The van der Waals surface area contributed by atoms with Crippen LogP contribution in [-0.4, -0.2) is 19.9 Å². The van der Waals surface area contributed by atoms with E-state index in [2.05, 4.69) is 10.2 Å². The van der Waals surface area contributed by atoms with Crippen LogP contribution in [0.3, 0.4) is 0 Å². The molecule has 0 unspecified atom stereocenters. The minimum Gasteiger partial charge on any atom is -0.388 e. The maximum Gasteiger partial charge on any atom is 0.416 e. The summed E-state index contributed by atoms with van der Waals surface area (Å²) in [6, 6.07) is 5.24. The van der Waals surface area contributed by atoms with E-state index in [-0.39, 0.29) is 6.61 Å². The summed E-state index contributed by atoms with van der Waals surface area (Å²) in [5.74, 6) is 0.508. The van der Waals surface area contributed by atoms with Crippen LogP contribution in [0.5, 0.6) is 0 Å². The largest absolute Gasteiger partial charge is 0.416 e. The summed E-state index contributed by atoms with van der Waals surface area (Å²) in [7, 11) is 0. The molecule has 0 atom stereocenters. The molecule has 1 heterocycles. The Bertz CT molecular complexity index is 773. The molecule has 24 heavy (non-hydrogen) atoms. The lowest BCUT2D eigenvalue weighted by atomic mass is 9.92. The Morgan fingerprint density at radius 3 is 2.42 bits per heavy atom. The van der Waals surface area contributed by atoms with Gasteiger partial charge in [0.25, 0.3) is 0 Å². The third-order valence-corrected chi connectivity index (χ3v) is 4.03. The van der Waals surface area contributed by atoms with Gasteiger partial charge in [-0.1, -0.05) is 29.9 Å². The Morgan fingerprint density at radius 1 is 1.08 bits per heavy atom. The zero-order chi connectivity index (χ0) is 17.2. The molecule has 0 radical (unpaired) electrons. The molecule has 1 aliphatic rings.